The van der Waals surface area contributed by atoms with Gasteiger partial charge in [-0.15, -0.1) is 0 Å². The second-order valence-electron chi connectivity index (χ2n) is 5.53. The summed E-state index contributed by atoms with van der Waals surface area (Å²) >= 11 is 0. The molecule has 0 unspecified atom stereocenters. The molecule has 2 N–H and O–H groups in total. The van der Waals surface area contributed by atoms with Gasteiger partial charge in [0.2, 0.25) is 10.0 Å². The van der Waals surface area contributed by atoms with Crippen molar-refractivity contribution in [1.29, 1.82) is 0 Å². The number of nitrogens with one attached hydrogen (secondary N) is 1. The van der Waals surface area contributed by atoms with E-state index in [1.165, 1.54) is 17.7 Å². The van der Waals surface area contributed by atoms with Crippen LogP contribution in [-0.4, -0.2) is 19.5 Å². The summed E-state index contributed by atoms with van der Waals surface area (Å²) < 4.78 is 27.2. The van der Waals surface area contributed by atoms with Gasteiger partial charge in [-0.1, -0.05) is 43.3 Å². The highest BCUT2D eigenvalue weighted by atomic mass is 32.2. The van der Waals surface area contributed by atoms with Crippen LogP contribution in [-0.2, 0) is 34.2 Å². The minimum Gasteiger partial charge on any atom is -0.481 e. The molecule has 2 rings (SSSR count). The van der Waals surface area contributed by atoms with E-state index < -0.39 is 16.0 Å². The number of benzene rings is 2. The minimum atomic E-state index is -3.59. The molecule has 0 aliphatic carbocycles. The highest BCUT2D eigenvalue weighted by Crippen LogP contribution is 2.13. The molecule has 24 heavy (non-hydrogen) atoms. The number of aryl methyl sites for hydroxylation is 2. The van der Waals surface area contributed by atoms with Crippen LogP contribution in [0.1, 0.15) is 30.0 Å². The van der Waals surface area contributed by atoms with Crippen molar-refractivity contribution in [3.8, 4) is 0 Å². The number of aliphatic carboxylic acids is 1. The number of sulfonamides is 1. The average Bonchev–Trinajstić information content (AvgIpc) is 2.59. The van der Waals surface area contributed by atoms with Gasteiger partial charge in [-0.25, -0.2) is 13.1 Å². The fourth-order valence-corrected chi connectivity index (χ4v) is 3.26. The Hall–Kier alpha value is -2.18. The molecule has 2 aromatic carbocycles. The van der Waals surface area contributed by atoms with Gasteiger partial charge in [0.05, 0.1) is 4.90 Å². The Kier molecular flexibility index (Phi) is 6.11. The molecular weight excluding hydrogens is 326 g/mol. The van der Waals surface area contributed by atoms with Gasteiger partial charge in [0.1, 0.15) is 0 Å². The summed E-state index contributed by atoms with van der Waals surface area (Å²) in [6.07, 6.45) is 1.35. The second-order valence-corrected chi connectivity index (χ2v) is 7.30. The third-order valence-corrected chi connectivity index (χ3v) is 5.18. The van der Waals surface area contributed by atoms with Crippen molar-refractivity contribution >= 4 is 16.0 Å². The Balaban J connectivity index is 1.99. The third kappa shape index (κ3) is 5.18. The SMILES string of the molecule is CCc1ccc(CNS(=O)(=O)c2ccc(CCC(=O)O)cc2)cc1. The first-order valence-corrected chi connectivity index (χ1v) is 9.27. The molecule has 5 nitrogen and oxygen atoms in total. The van der Waals surface area contributed by atoms with Crippen LogP contribution in [0.15, 0.2) is 53.4 Å². The number of hydrogen-bond acceptors (Lipinski definition) is 3. The normalized spacial score (nSPS) is 11.4. The van der Waals surface area contributed by atoms with Gasteiger partial charge in [0.15, 0.2) is 0 Å². The summed E-state index contributed by atoms with van der Waals surface area (Å²) in [4.78, 5) is 10.7. The lowest BCUT2D eigenvalue weighted by Gasteiger charge is -2.08. The molecule has 0 aromatic heterocycles. The number of carbonyl (C=O) groups is 1. The standard InChI is InChI=1S/C18H21NO4S/c1-2-14-3-5-16(6-4-14)13-19-24(22,23)17-10-7-15(8-11-17)9-12-18(20)21/h3-8,10-11,19H,2,9,12-13H2,1H3,(H,20,21). The molecule has 0 atom stereocenters. The molecule has 0 aliphatic rings. The Labute approximate surface area is 142 Å². The van der Waals surface area contributed by atoms with Crippen LogP contribution < -0.4 is 4.72 Å². The summed E-state index contributed by atoms with van der Waals surface area (Å²) in [6.45, 7) is 2.30. The van der Waals surface area contributed by atoms with Gasteiger partial charge in [-0.2, -0.15) is 0 Å². The average molecular weight is 347 g/mol. The van der Waals surface area contributed by atoms with Gasteiger partial charge in [0.25, 0.3) is 0 Å². The predicted octanol–water partition coefficient (Wildman–Crippen LogP) is 2.74. The summed E-state index contributed by atoms with van der Waals surface area (Å²) in [5.74, 6) is -0.873. The van der Waals surface area contributed by atoms with Crippen molar-refractivity contribution in [1.82, 2.24) is 4.72 Å². The zero-order valence-corrected chi connectivity index (χ0v) is 14.3. The first-order chi connectivity index (χ1) is 11.4. The lowest BCUT2D eigenvalue weighted by molar-refractivity contribution is -0.136. The fourth-order valence-electron chi connectivity index (χ4n) is 2.24. The predicted molar refractivity (Wildman–Crippen MR) is 92.2 cm³/mol. The molecule has 0 saturated carbocycles. The first kappa shape index (κ1) is 18.2. The molecule has 2 aromatic rings. The van der Waals surface area contributed by atoms with E-state index in [2.05, 4.69) is 11.6 Å². The number of hydrogen-bond donors (Lipinski definition) is 2. The van der Waals surface area contributed by atoms with Crippen molar-refractivity contribution in [2.45, 2.75) is 37.6 Å². The molecule has 0 aliphatic heterocycles. The Morgan fingerprint density at radius 3 is 2.04 bits per heavy atom. The maximum absolute atomic E-state index is 12.3. The molecule has 0 fully saturated rings. The van der Waals surface area contributed by atoms with E-state index in [1.54, 1.807) is 12.1 Å². The van der Waals surface area contributed by atoms with E-state index in [1.807, 2.05) is 24.3 Å². The van der Waals surface area contributed by atoms with Crippen molar-refractivity contribution in [3.05, 3.63) is 65.2 Å². The van der Waals surface area contributed by atoms with Crippen LogP contribution in [0.3, 0.4) is 0 Å². The first-order valence-electron chi connectivity index (χ1n) is 7.79. The number of carboxylic acids is 1. The monoisotopic (exact) mass is 347 g/mol. The van der Waals surface area contributed by atoms with Crippen LogP contribution in [0, 0.1) is 0 Å². The van der Waals surface area contributed by atoms with E-state index >= 15 is 0 Å². The smallest absolute Gasteiger partial charge is 0.303 e. The fraction of sp³-hybridized carbons (Fsp3) is 0.278. The molecule has 0 spiro atoms. The van der Waals surface area contributed by atoms with E-state index in [0.29, 0.717) is 6.42 Å². The Morgan fingerprint density at radius 1 is 0.958 bits per heavy atom. The maximum Gasteiger partial charge on any atom is 0.303 e. The summed E-state index contributed by atoms with van der Waals surface area (Å²) in [5.41, 5.74) is 2.90. The van der Waals surface area contributed by atoms with E-state index in [0.717, 1.165) is 17.5 Å². The van der Waals surface area contributed by atoms with Gasteiger partial charge in [-0.3, -0.25) is 4.79 Å². The van der Waals surface area contributed by atoms with Crippen LogP contribution in [0.2, 0.25) is 0 Å². The molecule has 0 saturated heterocycles. The highest BCUT2D eigenvalue weighted by Gasteiger charge is 2.13. The minimum absolute atomic E-state index is 0.0259. The second kappa shape index (κ2) is 8.08. The molecule has 0 heterocycles. The molecule has 6 heteroatoms. The maximum atomic E-state index is 12.3. The van der Waals surface area contributed by atoms with Gasteiger partial charge < -0.3 is 5.11 Å². The van der Waals surface area contributed by atoms with Crippen molar-refractivity contribution in [2.75, 3.05) is 0 Å². The van der Waals surface area contributed by atoms with Gasteiger partial charge >= 0.3 is 5.97 Å². The third-order valence-electron chi connectivity index (χ3n) is 3.76. The van der Waals surface area contributed by atoms with Crippen molar-refractivity contribution < 1.29 is 18.3 Å². The molecule has 128 valence electrons. The van der Waals surface area contributed by atoms with E-state index in [9.17, 15) is 13.2 Å². The molecule has 0 radical (unpaired) electrons. The quantitative estimate of drug-likeness (QED) is 0.769. The Morgan fingerprint density at radius 2 is 1.50 bits per heavy atom. The van der Waals surface area contributed by atoms with Gasteiger partial charge in [-0.05, 0) is 41.7 Å². The lowest BCUT2D eigenvalue weighted by Crippen LogP contribution is -2.23. The number of rotatable bonds is 8. The largest absolute Gasteiger partial charge is 0.481 e. The molecule has 0 bridgehead atoms. The number of carboxylic acid groups (broad SMARTS) is 1. The summed E-state index contributed by atoms with van der Waals surface area (Å²) in [6, 6.07) is 14.1. The highest BCUT2D eigenvalue weighted by molar-refractivity contribution is 7.89. The zero-order chi connectivity index (χ0) is 17.6. The van der Waals surface area contributed by atoms with Crippen LogP contribution >= 0.6 is 0 Å². The summed E-state index contributed by atoms with van der Waals surface area (Å²) in [5, 5.41) is 8.66. The van der Waals surface area contributed by atoms with Crippen LogP contribution in [0.5, 0.6) is 0 Å². The van der Waals surface area contributed by atoms with Gasteiger partial charge in [0, 0.05) is 13.0 Å². The van der Waals surface area contributed by atoms with E-state index in [4.69, 9.17) is 5.11 Å². The topological polar surface area (TPSA) is 83.5 Å². The van der Waals surface area contributed by atoms with E-state index in [-0.39, 0.29) is 17.9 Å². The van der Waals surface area contributed by atoms with Crippen molar-refractivity contribution in [2.24, 2.45) is 0 Å². The van der Waals surface area contributed by atoms with Crippen LogP contribution in [0.4, 0.5) is 0 Å². The Bertz CT molecular complexity index is 781. The van der Waals surface area contributed by atoms with Crippen LogP contribution in [0.25, 0.3) is 0 Å². The van der Waals surface area contributed by atoms with Crippen molar-refractivity contribution in [3.63, 3.8) is 0 Å². The molecular formula is C18H21NO4S. The molecule has 0 amide bonds. The summed E-state index contributed by atoms with van der Waals surface area (Å²) in [7, 11) is -3.59. The zero-order valence-electron chi connectivity index (χ0n) is 13.5. The lowest BCUT2D eigenvalue weighted by atomic mass is 10.1.